The van der Waals surface area contributed by atoms with Gasteiger partial charge in [-0.05, 0) is 17.7 Å². The highest BCUT2D eigenvalue weighted by molar-refractivity contribution is 6.17. The number of hydrogen-bond donors (Lipinski definition) is 1. The molecule has 0 unspecified atom stereocenters. The summed E-state index contributed by atoms with van der Waals surface area (Å²) in [7, 11) is 0. The van der Waals surface area contributed by atoms with Gasteiger partial charge in [0, 0.05) is 5.88 Å². The third kappa shape index (κ3) is 1.61. The lowest BCUT2D eigenvalue weighted by molar-refractivity contribution is 0.475. The van der Waals surface area contributed by atoms with Crippen LogP contribution in [0.15, 0.2) is 24.2 Å². The maximum absolute atomic E-state index is 8.97. The number of phenolic OH excluding ortho intramolecular Hbond substituents is 1. The highest BCUT2D eigenvalue weighted by atomic mass is 35.5. The number of aromatic hydroxyl groups is 1. The monoisotopic (exact) mass is 144 g/mol. The summed E-state index contributed by atoms with van der Waals surface area (Å²) in [6.07, 6.45) is 0. The van der Waals surface area contributed by atoms with E-state index in [2.05, 4.69) is 0 Å². The molecule has 1 rings (SSSR count). The molecule has 1 N–H and O–H groups in total. The van der Waals surface area contributed by atoms with E-state index in [1.54, 1.807) is 6.07 Å². The first-order chi connectivity index (χ1) is 5.16. The minimum Gasteiger partial charge on any atom is -0.508 e. The zero-order valence-corrected chi connectivity index (χ0v) is 5.44. The smallest absolute Gasteiger partial charge is 0.115 e. The zero-order chi connectivity index (χ0) is 8.43. The molecule has 1 aromatic rings. The molecule has 0 fully saturated rings. The number of phenols is 1. The highest BCUT2D eigenvalue weighted by Crippen LogP contribution is 2.10. The van der Waals surface area contributed by atoms with E-state index in [1.807, 2.05) is 0 Å². The van der Waals surface area contributed by atoms with E-state index >= 15 is 0 Å². The molecular formula is C7H7ClO. The lowest BCUT2D eigenvalue weighted by atomic mass is 10.2. The fourth-order valence-electron chi connectivity index (χ4n) is 0.485. The van der Waals surface area contributed by atoms with Crippen molar-refractivity contribution in [3.05, 3.63) is 29.8 Å². The molecule has 1 aromatic carbocycles. The number of halogens is 1. The average Bonchev–Trinajstić information content (AvgIpc) is 2.01. The molecule has 0 atom stereocenters. The van der Waals surface area contributed by atoms with Gasteiger partial charge in [-0.25, -0.2) is 0 Å². The minimum atomic E-state index is -0.177. The van der Waals surface area contributed by atoms with E-state index in [-0.39, 0.29) is 23.7 Å². The second-order valence-electron chi connectivity index (χ2n) is 1.63. The van der Waals surface area contributed by atoms with Crippen LogP contribution < -0.4 is 0 Å². The van der Waals surface area contributed by atoms with Gasteiger partial charge in [0.2, 0.25) is 0 Å². The maximum Gasteiger partial charge on any atom is 0.115 e. The third-order valence-corrected chi connectivity index (χ3v) is 1.23. The van der Waals surface area contributed by atoms with Crippen molar-refractivity contribution >= 4 is 11.6 Å². The SMILES string of the molecule is [2H]c1c(O)ccc(CCl)c1[2H]. The Kier molecular flexibility index (Phi) is 1.27. The third-order valence-electron chi connectivity index (χ3n) is 0.937. The van der Waals surface area contributed by atoms with Gasteiger partial charge in [0.1, 0.15) is 5.75 Å². The first kappa shape index (κ1) is 4.18. The molecule has 0 saturated heterocycles. The van der Waals surface area contributed by atoms with Crippen molar-refractivity contribution < 1.29 is 7.85 Å². The maximum atomic E-state index is 8.97. The molecule has 0 heterocycles. The van der Waals surface area contributed by atoms with Crippen LogP contribution in [0.1, 0.15) is 8.30 Å². The molecule has 0 aliphatic heterocycles. The number of alkyl halides is 1. The van der Waals surface area contributed by atoms with E-state index in [0.29, 0.717) is 5.56 Å². The summed E-state index contributed by atoms with van der Waals surface area (Å²) < 4.78 is 14.5. The summed E-state index contributed by atoms with van der Waals surface area (Å²) in [5.41, 5.74) is 0.564. The standard InChI is InChI=1S/C7H7ClO/c8-5-6-1-3-7(9)4-2-6/h1-4,9H,5H2/i1D,3D. The summed E-state index contributed by atoms with van der Waals surface area (Å²) in [5, 5.41) is 8.97. The lowest BCUT2D eigenvalue weighted by Crippen LogP contribution is -1.73. The topological polar surface area (TPSA) is 20.2 Å². The van der Waals surface area contributed by atoms with Gasteiger partial charge in [0.25, 0.3) is 0 Å². The predicted molar refractivity (Wildman–Crippen MR) is 37.7 cm³/mol. The Hall–Kier alpha value is -0.690. The van der Waals surface area contributed by atoms with Crippen LogP contribution in [-0.4, -0.2) is 5.11 Å². The van der Waals surface area contributed by atoms with Crippen LogP contribution >= 0.6 is 11.6 Å². The van der Waals surface area contributed by atoms with Gasteiger partial charge in [0.05, 0.1) is 2.74 Å². The molecule has 2 heteroatoms. The Bertz CT molecular complexity index is 275. The van der Waals surface area contributed by atoms with E-state index < -0.39 is 0 Å². The Morgan fingerprint density at radius 1 is 1.56 bits per heavy atom. The van der Waals surface area contributed by atoms with E-state index in [1.165, 1.54) is 6.07 Å². The van der Waals surface area contributed by atoms with Crippen molar-refractivity contribution in [3.63, 3.8) is 0 Å². The number of benzene rings is 1. The molecule has 0 aromatic heterocycles. The highest BCUT2D eigenvalue weighted by Gasteiger charge is 1.87. The molecule has 9 heavy (non-hydrogen) atoms. The fraction of sp³-hybridized carbons (Fsp3) is 0.143. The van der Waals surface area contributed by atoms with Crippen LogP contribution in [0.2, 0.25) is 0 Å². The van der Waals surface area contributed by atoms with Crippen molar-refractivity contribution in [2.24, 2.45) is 0 Å². The Morgan fingerprint density at radius 3 is 3.00 bits per heavy atom. The Labute approximate surface area is 61.7 Å². The molecular weight excluding hydrogens is 136 g/mol. The predicted octanol–water partition coefficient (Wildman–Crippen LogP) is 2.13. The summed E-state index contributed by atoms with van der Waals surface area (Å²) in [6.45, 7) is 0. The zero-order valence-electron chi connectivity index (χ0n) is 6.69. The Morgan fingerprint density at radius 2 is 2.33 bits per heavy atom. The van der Waals surface area contributed by atoms with Crippen LogP contribution in [0.25, 0.3) is 0 Å². The molecule has 1 nitrogen and oxygen atoms in total. The van der Waals surface area contributed by atoms with Crippen molar-refractivity contribution in [2.45, 2.75) is 5.88 Å². The lowest BCUT2D eigenvalue weighted by Gasteiger charge is -1.92. The fourth-order valence-corrected chi connectivity index (χ4v) is 0.641. The van der Waals surface area contributed by atoms with Crippen molar-refractivity contribution in [1.29, 1.82) is 0 Å². The van der Waals surface area contributed by atoms with Gasteiger partial charge in [0.15, 0.2) is 0 Å². The van der Waals surface area contributed by atoms with Crippen LogP contribution in [-0.2, 0) is 5.88 Å². The van der Waals surface area contributed by atoms with Gasteiger partial charge < -0.3 is 5.11 Å². The second kappa shape index (κ2) is 2.74. The minimum absolute atomic E-state index is 0.000000000000000222. The van der Waals surface area contributed by atoms with Gasteiger partial charge >= 0.3 is 0 Å². The first-order valence-corrected chi connectivity index (χ1v) is 3.04. The number of rotatable bonds is 1. The van der Waals surface area contributed by atoms with Crippen LogP contribution in [0.5, 0.6) is 5.75 Å². The quantitative estimate of drug-likeness (QED) is 0.599. The van der Waals surface area contributed by atoms with Crippen molar-refractivity contribution in [1.82, 2.24) is 0 Å². The summed E-state index contributed by atoms with van der Waals surface area (Å²) in [5.74, 6) is 0.0224. The van der Waals surface area contributed by atoms with E-state index in [0.717, 1.165) is 0 Å². The molecule has 48 valence electrons. The summed E-state index contributed by atoms with van der Waals surface area (Å²) >= 11 is 5.47. The normalized spacial score (nSPS) is 12.6. The van der Waals surface area contributed by atoms with Gasteiger partial charge in [-0.2, -0.15) is 0 Å². The van der Waals surface area contributed by atoms with Crippen LogP contribution in [0.3, 0.4) is 0 Å². The van der Waals surface area contributed by atoms with E-state index in [4.69, 9.17) is 19.4 Å². The van der Waals surface area contributed by atoms with Crippen molar-refractivity contribution in [2.75, 3.05) is 0 Å². The largest absolute Gasteiger partial charge is 0.508 e. The van der Waals surface area contributed by atoms with Gasteiger partial charge in [-0.3, -0.25) is 0 Å². The summed E-state index contributed by atoms with van der Waals surface area (Å²) in [6, 6.07) is 2.75. The molecule has 0 spiro atoms. The first-order valence-electron chi connectivity index (χ1n) is 3.51. The van der Waals surface area contributed by atoms with Crippen LogP contribution in [0, 0.1) is 0 Å². The molecule has 0 saturated carbocycles. The molecule has 0 radical (unpaired) electrons. The van der Waals surface area contributed by atoms with Crippen LogP contribution in [0.4, 0.5) is 0 Å². The summed E-state index contributed by atoms with van der Waals surface area (Å²) in [4.78, 5) is 0. The second-order valence-corrected chi connectivity index (χ2v) is 1.89. The van der Waals surface area contributed by atoms with Crippen molar-refractivity contribution in [3.8, 4) is 5.75 Å². The van der Waals surface area contributed by atoms with E-state index in [9.17, 15) is 0 Å². The van der Waals surface area contributed by atoms with Gasteiger partial charge in [-0.1, -0.05) is 12.1 Å². The molecule has 0 amide bonds. The molecule has 0 aliphatic carbocycles. The molecule has 0 aliphatic rings. The average molecular weight is 145 g/mol. The van der Waals surface area contributed by atoms with Gasteiger partial charge in [-0.15, -0.1) is 11.6 Å². The number of hydrogen-bond acceptors (Lipinski definition) is 1. The molecule has 0 bridgehead atoms. The Balaban J connectivity index is 3.25.